The number of nitrogens with one attached hydrogen (secondary N) is 2. The normalized spacial score (nSPS) is 23.1. The van der Waals surface area contributed by atoms with Crippen LogP contribution in [0.4, 0.5) is 0 Å². The minimum atomic E-state index is -0.997. The Morgan fingerprint density at radius 1 is 1.12 bits per heavy atom. The van der Waals surface area contributed by atoms with Gasteiger partial charge in [0, 0.05) is 5.56 Å². The fourth-order valence-corrected chi connectivity index (χ4v) is 3.64. The number of rotatable bonds is 5. The van der Waals surface area contributed by atoms with Gasteiger partial charge in [-0.1, -0.05) is 60.2 Å². The average molecular weight is 356 g/mol. The number of hydrogen-bond acceptors (Lipinski definition) is 5. The van der Waals surface area contributed by atoms with Crippen LogP contribution in [0.2, 0.25) is 0 Å². The van der Waals surface area contributed by atoms with E-state index in [0.717, 1.165) is 11.1 Å². The van der Waals surface area contributed by atoms with Crippen molar-refractivity contribution in [2.24, 2.45) is 0 Å². The summed E-state index contributed by atoms with van der Waals surface area (Å²) in [6.07, 6.45) is -0.997. The van der Waals surface area contributed by atoms with Crippen LogP contribution < -0.4 is 10.6 Å². The zero-order valence-electron chi connectivity index (χ0n) is 13.8. The Kier molecular flexibility index (Phi) is 5.53. The van der Waals surface area contributed by atoms with E-state index in [9.17, 15) is 14.7 Å². The largest absolute Gasteiger partial charge is 0.377 e. The summed E-state index contributed by atoms with van der Waals surface area (Å²) in [5.74, 6) is -0.715. The highest BCUT2D eigenvalue weighted by Crippen LogP contribution is 2.24. The summed E-state index contributed by atoms with van der Waals surface area (Å²) >= 11 is 1.26. The van der Waals surface area contributed by atoms with Crippen molar-refractivity contribution in [2.75, 3.05) is 5.75 Å². The summed E-state index contributed by atoms with van der Waals surface area (Å²) in [5, 5.41) is 16.1. The lowest BCUT2D eigenvalue weighted by atomic mass is 9.95. The van der Waals surface area contributed by atoms with Gasteiger partial charge in [-0.05, 0) is 12.5 Å². The number of aryl methyl sites for hydroxylation is 1. The van der Waals surface area contributed by atoms with E-state index >= 15 is 0 Å². The SMILES string of the molecule is Cc1ccc(C(=O)CSC2NC(=O)C(c3ccccc3)C(O)N2)cc1. The first kappa shape index (κ1) is 17.7. The Hall–Kier alpha value is -2.15. The molecule has 0 aliphatic carbocycles. The van der Waals surface area contributed by atoms with Gasteiger partial charge in [-0.25, -0.2) is 0 Å². The lowest BCUT2D eigenvalue weighted by molar-refractivity contribution is -0.129. The third-order valence-electron chi connectivity index (χ3n) is 4.11. The molecule has 0 spiro atoms. The number of carbonyl (C=O) groups excluding carboxylic acids is 2. The smallest absolute Gasteiger partial charge is 0.233 e. The Morgan fingerprint density at radius 2 is 1.80 bits per heavy atom. The van der Waals surface area contributed by atoms with Crippen LogP contribution in [0.1, 0.15) is 27.4 Å². The predicted octanol–water partition coefficient (Wildman–Crippen LogP) is 2.02. The maximum Gasteiger partial charge on any atom is 0.233 e. The fourth-order valence-electron chi connectivity index (χ4n) is 2.72. The van der Waals surface area contributed by atoms with Crippen LogP contribution in [0, 0.1) is 6.92 Å². The zero-order valence-corrected chi connectivity index (χ0v) is 14.6. The lowest BCUT2D eigenvalue weighted by Gasteiger charge is -2.34. The molecular formula is C19H20N2O3S. The number of amides is 1. The fraction of sp³-hybridized carbons (Fsp3) is 0.263. The molecule has 0 saturated carbocycles. The molecule has 0 radical (unpaired) electrons. The number of aliphatic hydroxyl groups is 1. The lowest BCUT2D eigenvalue weighted by Crippen LogP contribution is -2.59. The first-order valence-electron chi connectivity index (χ1n) is 8.05. The third-order valence-corrected chi connectivity index (χ3v) is 5.12. The van der Waals surface area contributed by atoms with Crippen molar-refractivity contribution in [3.8, 4) is 0 Å². The molecule has 3 atom stereocenters. The van der Waals surface area contributed by atoms with Crippen molar-refractivity contribution >= 4 is 23.5 Å². The van der Waals surface area contributed by atoms with E-state index in [-0.39, 0.29) is 17.4 Å². The van der Waals surface area contributed by atoms with E-state index in [1.54, 1.807) is 12.1 Å². The van der Waals surface area contributed by atoms with Crippen LogP contribution in [-0.2, 0) is 4.79 Å². The molecule has 0 bridgehead atoms. The maximum atomic E-state index is 12.4. The Bertz CT molecular complexity index is 749. The molecule has 130 valence electrons. The number of benzene rings is 2. The summed E-state index contributed by atoms with van der Waals surface area (Å²) in [6, 6.07) is 16.5. The molecule has 1 amide bonds. The van der Waals surface area contributed by atoms with Gasteiger partial charge in [0.15, 0.2) is 5.78 Å². The van der Waals surface area contributed by atoms with Gasteiger partial charge >= 0.3 is 0 Å². The topological polar surface area (TPSA) is 78.4 Å². The van der Waals surface area contributed by atoms with Gasteiger partial charge < -0.3 is 10.4 Å². The molecule has 25 heavy (non-hydrogen) atoms. The van der Waals surface area contributed by atoms with Crippen LogP contribution in [0.15, 0.2) is 54.6 Å². The van der Waals surface area contributed by atoms with E-state index in [2.05, 4.69) is 10.6 Å². The minimum absolute atomic E-state index is 0.0132. The molecule has 2 aromatic carbocycles. The van der Waals surface area contributed by atoms with Crippen molar-refractivity contribution in [1.82, 2.24) is 10.6 Å². The van der Waals surface area contributed by atoms with Gasteiger partial charge in [-0.3, -0.25) is 14.9 Å². The van der Waals surface area contributed by atoms with Crippen molar-refractivity contribution in [1.29, 1.82) is 0 Å². The molecule has 3 N–H and O–H groups in total. The quantitative estimate of drug-likeness (QED) is 0.715. The van der Waals surface area contributed by atoms with Gasteiger partial charge in [0.1, 0.15) is 17.6 Å². The first-order valence-corrected chi connectivity index (χ1v) is 9.10. The Labute approximate surface area is 150 Å². The molecule has 1 aliphatic heterocycles. The molecule has 2 aromatic rings. The summed E-state index contributed by atoms with van der Waals surface area (Å²) in [5.41, 5.74) is 1.99. The van der Waals surface area contributed by atoms with Crippen LogP contribution in [0.3, 0.4) is 0 Å². The number of hydrogen-bond donors (Lipinski definition) is 3. The van der Waals surface area contributed by atoms with Gasteiger partial charge in [0.25, 0.3) is 0 Å². The van der Waals surface area contributed by atoms with Gasteiger partial charge in [-0.2, -0.15) is 0 Å². The van der Waals surface area contributed by atoms with Crippen molar-refractivity contribution < 1.29 is 14.7 Å². The molecule has 6 heteroatoms. The van der Waals surface area contributed by atoms with E-state index in [0.29, 0.717) is 5.56 Å². The maximum absolute atomic E-state index is 12.4. The summed E-state index contributed by atoms with van der Waals surface area (Å²) in [6.45, 7) is 1.97. The van der Waals surface area contributed by atoms with Crippen molar-refractivity contribution in [2.45, 2.75) is 24.6 Å². The molecular weight excluding hydrogens is 336 g/mol. The number of thioether (sulfide) groups is 1. The number of ketones is 1. The highest BCUT2D eigenvalue weighted by atomic mass is 32.2. The zero-order chi connectivity index (χ0) is 17.8. The van der Waals surface area contributed by atoms with Crippen molar-refractivity contribution in [3.63, 3.8) is 0 Å². The molecule has 0 aromatic heterocycles. The van der Waals surface area contributed by atoms with E-state index in [1.165, 1.54) is 11.8 Å². The molecule has 3 unspecified atom stereocenters. The highest BCUT2D eigenvalue weighted by Gasteiger charge is 2.36. The summed E-state index contributed by atoms with van der Waals surface area (Å²) < 4.78 is 0. The standard InChI is InChI=1S/C19H20N2O3S/c1-12-7-9-13(10-8-12)15(22)11-25-19-20-17(23)16(18(24)21-19)14-5-3-2-4-6-14/h2-10,16-17,19-20,23H,11H2,1H3,(H,21,24). The highest BCUT2D eigenvalue weighted by molar-refractivity contribution is 8.00. The van der Waals surface area contributed by atoms with E-state index in [1.807, 2.05) is 49.4 Å². The number of Topliss-reactive ketones (excluding diaryl/α,β-unsaturated/α-hetero) is 1. The minimum Gasteiger partial charge on any atom is -0.377 e. The third kappa shape index (κ3) is 4.28. The summed E-state index contributed by atoms with van der Waals surface area (Å²) in [4.78, 5) is 24.6. The molecule has 1 heterocycles. The molecule has 5 nitrogen and oxygen atoms in total. The second-order valence-corrected chi connectivity index (χ2v) is 7.08. The molecule has 1 saturated heterocycles. The predicted molar refractivity (Wildman–Crippen MR) is 98.2 cm³/mol. The number of aliphatic hydroxyl groups excluding tert-OH is 1. The van der Waals surface area contributed by atoms with Crippen LogP contribution in [0.25, 0.3) is 0 Å². The molecule has 1 aliphatic rings. The average Bonchev–Trinajstić information content (AvgIpc) is 2.61. The number of carbonyl (C=O) groups is 2. The van der Waals surface area contributed by atoms with Gasteiger partial charge in [0.2, 0.25) is 5.91 Å². The van der Waals surface area contributed by atoms with Gasteiger partial charge in [0.05, 0.1) is 5.75 Å². The van der Waals surface area contributed by atoms with Crippen LogP contribution >= 0.6 is 11.8 Å². The van der Waals surface area contributed by atoms with Crippen molar-refractivity contribution in [3.05, 3.63) is 71.3 Å². The monoisotopic (exact) mass is 356 g/mol. The van der Waals surface area contributed by atoms with Crippen LogP contribution in [0.5, 0.6) is 0 Å². The van der Waals surface area contributed by atoms with Gasteiger partial charge in [-0.15, -0.1) is 11.8 Å². The first-order chi connectivity index (χ1) is 12.0. The van der Waals surface area contributed by atoms with E-state index in [4.69, 9.17) is 0 Å². The van der Waals surface area contributed by atoms with E-state index < -0.39 is 17.6 Å². The summed E-state index contributed by atoms with van der Waals surface area (Å²) in [7, 11) is 0. The Balaban J connectivity index is 1.58. The Morgan fingerprint density at radius 3 is 2.44 bits per heavy atom. The molecule has 1 fully saturated rings. The second-order valence-electron chi connectivity index (χ2n) is 5.99. The molecule has 3 rings (SSSR count). The second kappa shape index (κ2) is 7.82. The van der Waals surface area contributed by atoms with Crippen LogP contribution in [-0.4, -0.2) is 34.3 Å².